The van der Waals surface area contributed by atoms with Crippen molar-refractivity contribution in [2.24, 2.45) is 0 Å². The molecular formula is C15H12N4O3. The van der Waals surface area contributed by atoms with Gasteiger partial charge < -0.3 is 4.74 Å². The number of nitrogens with zero attached hydrogens (tertiary/aromatic N) is 4. The Balaban J connectivity index is 1.88. The third-order valence-electron chi connectivity index (χ3n) is 3.10. The Bertz CT molecular complexity index is 798. The molecule has 7 heteroatoms. The molecule has 1 aromatic carbocycles. The quantitative estimate of drug-likeness (QED) is 0.545. The summed E-state index contributed by atoms with van der Waals surface area (Å²) in [5.41, 5.74) is 1.24. The number of hydrogen-bond donors (Lipinski definition) is 0. The standard InChI is InChI=1S/C15H12N4O3/c1-11-7-9-16-15(14(11)19(20)21)22-13-5-3-12(4-6-13)18-10-2-8-17-18/h2-10H,1H3. The summed E-state index contributed by atoms with van der Waals surface area (Å²) in [5.74, 6) is 0.453. The molecule has 0 fully saturated rings. The van der Waals surface area contributed by atoms with Crippen LogP contribution in [0.4, 0.5) is 5.69 Å². The Kier molecular flexibility index (Phi) is 3.53. The lowest BCUT2D eigenvalue weighted by molar-refractivity contribution is -0.386. The minimum Gasteiger partial charge on any atom is -0.434 e. The molecule has 0 saturated heterocycles. The average Bonchev–Trinajstić information content (AvgIpc) is 3.02. The van der Waals surface area contributed by atoms with E-state index in [0.717, 1.165) is 5.69 Å². The van der Waals surface area contributed by atoms with Gasteiger partial charge >= 0.3 is 5.69 Å². The molecule has 2 aromatic heterocycles. The van der Waals surface area contributed by atoms with Crippen LogP contribution in [0.1, 0.15) is 5.56 Å². The Morgan fingerprint density at radius 3 is 2.59 bits per heavy atom. The number of rotatable bonds is 4. The first-order chi connectivity index (χ1) is 10.6. The van der Waals surface area contributed by atoms with Gasteiger partial charge in [0, 0.05) is 24.2 Å². The maximum Gasteiger partial charge on any atom is 0.334 e. The van der Waals surface area contributed by atoms with Crippen molar-refractivity contribution >= 4 is 5.69 Å². The van der Waals surface area contributed by atoms with Gasteiger partial charge in [0.1, 0.15) is 5.75 Å². The van der Waals surface area contributed by atoms with E-state index in [2.05, 4.69) is 10.1 Å². The maximum atomic E-state index is 11.1. The summed E-state index contributed by atoms with van der Waals surface area (Å²) in [7, 11) is 0. The molecule has 0 saturated carbocycles. The van der Waals surface area contributed by atoms with E-state index in [1.807, 2.05) is 24.4 Å². The molecule has 0 aliphatic carbocycles. The fourth-order valence-electron chi connectivity index (χ4n) is 2.02. The molecule has 0 atom stereocenters. The molecule has 110 valence electrons. The van der Waals surface area contributed by atoms with Gasteiger partial charge in [0.15, 0.2) is 0 Å². The summed E-state index contributed by atoms with van der Waals surface area (Å²) >= 11 is 0. The fourth-order valence-corrected chi connectivity index (χ4v) is 2.02. The highest BCUT2D eigenvalue weighted by Gasteiger charge is 2.20. The SMILES string of the molecule is Cc1ccnc(Oc2ccc(-n3cccn3)cc2)c1[N+](=O)[O-]. The van der Waals surface area contributed by atoms with Gasteiger partial charge in [0.05, 0.1) is 10.6 Å². The molecule has 2 heterocycles. The van der Waals surface area contributed by atoms with Gasteiger partial charge in [-0.05, 0) is 43.3 Å². The average molecular weight is 296 g/mol. The Morgan fingerprint density at radius 2 is 1.95 bits per heavy atom. The predicted molar refractivity (Wildman–Crippen MR) is 79.3 cm³/mol. The van der Waals surface area contributed by atoms with Crippen molar-refractivity contribution in [3.63, 3.8) is 0 Å². The van der Waals surface area contributed by atoms with E-state index in [9.17, 15) is 10.1 Å². The third kappa shape index (κ3) is 2.64. The second-order valence-electron chi connectivity index (χ2n) is 4.59. The van der Waals surface area contributed by atoms with Gasteiger partial charge in [-0.1, -0.05) is 0 Å². The summed E-state index contributed by atoms with van der Waals surface area (Å²) in [6, 6.07) is 10.4. The number of benzene rings is 1. The molecule has 0 N–H and O–H groups in total. The van der Waals surface area contributed by atoms with Crippen molar-refractivity contribution in [2.75, 3.05) is 0 Å². The summed E-state index contributed by atoms with van der Waals surface area (Å²) in [5, 5.41) is 15.2. The highest BCUT2D eigenvalue weighted by Crippen LogP contribution is 2.31. The molecule has 0 amide bonds. The first-order valence-corrected chi connectivity index (χ1v) is 6.53. The lowest BCUT2D eigenvalue weighted by atomic mass is 10.2. The van der Waals surface area contributed by atoms with Gasteiger partial charge in [0.25, 0.3) is 5.88 Å². The number of aryl methyl sites for hydroxylation is 1. The summed E-state index contributed by atoms with van der Waals surface area (Å²) < 4.78 is 7.25. The zero-order valence-corrected chi connectivity index (χ0v) is 11.7. The Hall–Kier alpha value is -3.22. The van der Waals surface area contributed by atoms with E-state index in [0.29, 0.717) is 11.3 Å². The predicted octanol–water partition coefficient (Wildman–Crippen LogP) is 3.28. The molecule has 0 bridgehead atoms. The number of ether oxygens (including phenoxy) is 1. The van der Waals surface area contributed by atoms with Gasteiger partial charge in [-0.15, -0.1) is 0 Å². The van der Waals surface area contributed by atoms with Crippen LogP contribution in [-0.4, -0.2) is 19.7 Å². The normalized spacial score (nSPS) is 10.4. The van der Waals surface area contributed by atoms with Crippen LogP contribution in [0, 0.1) is 17.0 Å². The number of pyridine rings is 1. The molecule has 0 aliphatic rings. The molecular weight excluding hydrogens is 284 g/mol. The van der Waals surface area contributed by atoms with Crippen LogP contribution in [0.2, 0.25) is 0 Å². The van der Waals surface area contributed by atoms with Crippen molar-refractivity contribution < 1.29 is 9.66 Å². The highest BCUT2D eigenvalue weighted by molar-refractivity contribution is 5.49. The topological polar surface area (TPSA) is 83.1 Å². The third-order valence-corrected chi connectivity index (χ3v) is 3.10. The van der Waals surface area contributed by atoms with Gasteiger partial charge in [-0.25, -0.2) is 9.67 Å². The van der Waals surface area contributed by atoms with E-state index >= 15 is 0 Å². The van der Waals surface area contributed by atoms with Crippen molar-refractivity contribution in [1.82, 2.24) is 14.8 Å². The Labute approximate surface area is 126 Å². The van der Waals surface area contributed by atoms with Crippen molar-refractivity contribution in [1.29, 1.82) is 0 Å². The summed E-state index contributed by atoms with van der Waals surface area (Å²) in [6.45, 7) is 1.65. The van der Waals surface area contributed by atoms with Crippen molar-refractivity contribution in [3.05, 3.63) is 70.7 Å². The van der Waals surface area contributed by atoms with E-state index in [1.165, 1.54) is 6.20 Å². The van der Waals surface area contributed by atoms with E-state index in [1.54, 1.807) is 36.0 Å². The number of nitro groups is 1. The van der Waals surface area contributed by atoms with Crippen LogP contribution >= 0.6 is 0 Å². The van der Waals surface area contributed by atoms with E-state index < -0.39 is 4.92 Å². The zero-order valence-electron chi connectivity index (χ0n) is 11.7. The number of hydrogen-bond acceptors (Lipinski definition) is 5. The second kappa shape index (κ2) is 5.65. The number of aromatic nitrogens is 3. The van der Waals surface area contributed by atoms with Crippen LogP contribution in [0.3, 0.4) is 0 Å². The summed E-state index contributed by atoms with van der Waals surface area (Å²) in [4.78, 5) is 14.6. The van der Waals surface area contributed by atoms with Crippen molar-refractivity contribution in [2.45, 2.75) is 6.92 Å². The minimum absolute atomic E-state index is 0.0168. The summed E-state index contributed by atoms with van der Waals surface area (Å²) in [6.07, 6.45) is 4.99. The van der Waals surface area contributed by atoms with E-state index in [-0.39, 0.29) is 11.6 Å². The molecule has 0 unspecified atom stereocenters. The van der Waals surface area contributed by atoms with E-state index in [4.69, 9.17) is 4.74 Å². The maximum absolute atomic E-state index is 11.1. The smallest absolute Gasteiger partial charge is 0.334 e. The molecule has 0 aliphatic heterocycles. The van der Waals surface area contributed by atoms with Crippen LogP contribution in [0.15, 0.2) is 55.0 Å². The van der Waals surface area contributed by atoms with Gasteiger partial charge in [-0.3, -0.25) is 10.1 Å². The largest absolute Gasteiger partial charge is 0.434 e. The van der Waals surface area contributed by atoms with Gasteiger partial charge in [0.2, 0.25) is 0 Å². The first-order valence-electron chi connectivity index (χ1n) is 6.53. The van der Waals surface area contributed by atoms with Crippen molar-refractivity contribution in [3.8, 4) is 17.3 Å². The van der Waals surface area contributed by atoms with Crippen LogP contribution in [0.25, 0.3) is 5.69 Å². The first kappa shape index (κ1) is 13.7. The molecule has 3 aromatic rings. The lowest BCUT2D eigenvalue weighted by Crippen LogP contribution is -1.98. The highest BCUT2D eigenvalue weighted by atomic mass is 16.6. The molecule has 0 spiro atoms. The second-order valence-corrected chi connectivity index (χ2v) is 4.59. The lowest BCUT2D eigenvalue weighted by Gasteiger charge is -2.07. The molecule has 3 rings (SSSR count). The monoisotopic (exact) mass is 296 g/mol. The van der Waals surface area contributed by atoms with Crippen LogP contribution in [-0.2, 0) is 0 Å². The van der Waals surface area contributed by atoms with Crippen LogP contribution in [0.5, 0.6) is 11.6 Å². The zero-order chi connectivity index (χ0) is 15.5. The molecule has 7 nitrogen and oxygen atoms in total. The molecule has 22 heavy (non-hydrogen) atoms. The fraction of sp³-hybridized carbons (Fsp3) is 0.0667. The minimum atomic E-state index is -0.490. The molecule has 0 radical (unpaired) electrons. The Morgan fingerprint density at radius 1 is 1.18 bits per heavy atom. The van der Waals surface area contributed by atoms with Crippen LogP contribution < -0.4 is 4.74 Å². The van der Waals surface area contributed by atoms with Gasteiger partial charge in [-0.2, -0.15) is 5.10 Å².